The Kier molecular flexibility index (Phi) is 2.63. The second kappa shape index (κ2) is 4.30. The Morgan fingerprint density at radius 3 is 2.00 bits per heavy atom. The molecule has 2 heteroatoms. The van der Waals surface area contributed by atoms with E-state index in [1.165, 1.54) is 22.3 Å². The van der Waals surface area contributed by atoms with Crippen molar-refractivity contribution in [2.24, 2.45) is 0 Å². The van der Waals surface area contributed by atoms with E-state index in [-0.39, 0.29) is 5.92 Å². The third-order valence-electron chi connectivity index (χ3n) is 3.37. The Balaban J connectivity index is 2.06. The predicted molar refractivity (Wildman–Crippen MR) is 70.0 cm³/mol. The van der Waals surface area contributed by atoms with E-state index < -0.39 is 5.97 Å². The minimum Gasteiger partial charge on any atom is -0.465 e. The van der Waals surface area contributed by atoms with Gasteiger partial charge in [0, 0.05) is 5.92 Å². The van der Waals surface area contributed by atoms with Crippen molar-refractivity contribution in [3.8, 4) is 11.1 Å². The lowest BCUT2D eigenvalue weighted by molar-refractivity contribution is -0.138. The van der Waals surface area contributed by atoms with Crippen LogP contribution in [-0.2, 0) is 9.53 Å². The van der Waals surface area contributed by atoms with Gasteiger partial charge in [-0.25, -0.2) is 0 Å². The molecule has 1 aliphatic carbocycles. The van der Waals surface area contributed by atoms with E-state index in [1.54, 1.807) is 0 Å². The molecule has 0 aromatic heterocycles. The van der Waals surface area contributed by atoms with E-state index in [0.29, 0.717) is 6.61 Å². The van der Waals surface area contributed by atoms with Crippen molar-refractivity contribution in [2.45, 2.75) is 5.92 Å². The monoisotopic (exact) mass is 237 g/mol. The van der Waals surface area contributed by atoms with Gasteiger partial charge in [0.2, 0.25) is 0 Å². The minimum atomic E-state index is -0.475. The molecular weight excluding hydrogens is 224 g/mol. The number of fused-ring (bicyclic) bond motifs is 3. The highest BCUT2D eigenvalue weighted by atomic mass is 16.5. The van der Waals surface area contributed by atoms with Gasteiger partial charge in [-0.2, -0.15) is 0 Å². The van der Waals surface area contributed by atoms with Crippen molar-refractivity contribution < 1.29 is 9.53 Å². The zero-order valence-corrected chi connectivity index (χ0v) is 9.93. The van der Waals surface area contributed by atoms with Gasteiger partial charge >= 0.3 is 5.97 Å². The van der Waals surface area contributed by atoms with Gasteiger partial charge in [-0.15, -0.1) is 0 Å². The molecule has 1 aliphatic rings. The molecule has 2 aromatic rings. The van der Waals surface area contributed by atoms with Crippen LogP contribution in [0.3, 0.4) is 0 Å². The largest absolute Gasteiger partial charge is 0.465 e. The maximum atomic E-state index is 10.9. The van der Waals surface area contributed by atoms with Crippen LogP contribution in [0.15, 0.2) is 48.5 Å². The van der Waals surface area contributed by atoms with Gasteiger partial charge in [0.25, 0.3) is 0 Å². The molecule has 0 saturated heterocycles. The molecule has 0 atom stereocenters. The third-order valence-corrected chi connectivity index (χ3v) is 3.37. The van der Waals surface area contributed by atoms with Gasteiger partial charge in [-0.05, 0) is 22.3 Å². The van der Waals surface area contributed by atoms with E-state index in [4.69, 9.17) is 4.74 Å². The van der Waals surface area contributed by atoms with Crippen molar-refractivity contribution in [3.05, 3.63) is 66.6 Å². The molecule has 0 N–H and O–H groups in total. The first-order valence-electron chi connectivity index (χ1n) is 5.94. The van der Waals surface area contributed by atoms with Gasteiger partial charge in [0.15, 0.2) is 0 Å². The molecule has 0 unspecified atom stereocenters. The van der Waals surface area contributed by atoms with Crippen LogP contribution in [0.4, 0.5) is 0 Å². The molecule has 0 heterocycles. The van der Waals surface area contributed by atoms with Crippen molar-refractivity contribution in [2.75, 3.05) is 6.61 Å². The van der Waals surface area contributed by atoms with Crippen LogP contribution < -0.4 is 0 Å². The van der Waals surface area contributed by atoms with E-state index in [9.17, 15) is 4.79 Å². The van der Waals surface area contributed by atoms with Crippen LogP contribution in [0, 0.1) is 6.92 Å². The quantitative estimate of drug-likeness (QED) is 0.750. The van der Waals surface area contributed by atoms with Gasteiger partial charge in [0.1, 0.15) is 6.61 Å². The number of hydrogen-bond acceptors (Lipinski definition) is 2. The summed E-state index contributed by atoms with van der Waals surface area (Å²) < 4.78 is 5.09. The lowest BCUT2D eigenvalue weighted by Crippen LogP contribution is -2.09. The Morgan fingerprint density at radius 2 is 1.50 bits per heavy atom. The summed E-state index contributed by atoms with van der Waals surface area (Å²) in [5.74, 6) is -0.347. The molecule has 0 bridgehead atoms. The highest BCUT2D eigenvalue weighted by Crippen LogP contribution is 2.44. The second-order valence-electron chi connectivity index (χ2n) is 4.41. The topological polar surface area (TPSA) is 26.3 Å². The zero-order valence-electron chi connectivity index (χ0n) is 9.93. The normalized spacial score (nSPS) is 12.9. The Hall–Kier alpha value is -2.09. The van der Waals surface area contributed by atoms with Crippen LogP contribution in [-0.4, -0.2) is 12.6 Å². The standard InChI is InChI=1S/C16H13O2/c1-11(17)18-10-16-14-8-4-2-6-12(14)13-7-3-5-9-15(13)16/h2-9,16H,1,10H2. The van der Waals surface area contributed by atoms with Crippen LogP contribution in [0.1, 0.15) is 17.0 Å². The smallest absolute Gasteiger partial charge is 0.306 e. The van der Waals surface area contributed by atoms with E-state index in [1.807, 2.05) is 24.3 Å². The number of esters is 1. The lowest BCUT2D eigenvalue weighted by atomic mass is 9.98. The Labute approximate surface area is 106 Å². The molecule has 18 heavy (non-hydrogen) atoms. The van der Waals surface area contributed by atoms with E-state index >= 15 is 0 Å². The van der Waals surface area contributed by atoms with Gasteiger partial charge in [-0.3, -0.25) is 4.79 Å². The second-order valence-corrected chi connectivity index (χ2v) is 4.41. The third kappa shape index (κ3) is 1.70. The van der Waals surface area contributed by atoms with Gasteiger partial charge < -0.3 is 4.74 Å². The summed E-state index contributed by atoms with van der Waals surface area (Å²) in [5.41, 5.74) is 4.91. The highest BCUT2D eigenvalue weighted by Gasteiger charge is 2.28. The first kappa shape index (κ1) is 11.0. The summed E-state index contributed by atoms with van der Waals surface area (Å²) in [7, 11) is 0. The molecule has 89 valence electrons. The molecule has 0 amide bonds. The fraction of sp³-hybridized carbons (Fsp3) is 0.125. The summed E-state index contributed by atoms with van der Waals surface area (Å²) in [6.07, 6.45) is 0. The first-order chi connectivity index (χ1) is 8.77. The fourth-order valence-electron chi connectivity index (χ4n) is 2.62. The summed E-state index contributed by atoms with van der Waals surface area (Å²) in [6, 6.07) is 16.5. The molecule has 0 saturated carbocycles. The molecule has 3 rings (SSSR count). The highest BCUT2D eigenvalue weighted by molar-refractivity contribution is 5.79. The molecule has 0 spiro atoms. The van der Waals surface area contributed by atoms with Crippen LogP contribution >= 0.6 is 0 Å². The maximum Gasteiger partial charge on any atom is 0.306 e. The van der Waals surface area contributed by atoms with E-state index in [0.717, 1.165) is 0 Å². The summed E-state index contributed by atoms with van der Waals surface area (Å²) >= 11 is 0. The van der Waals surface area contributed by atoms with Crippen molar-refractivity contribution >= 4 is 5.97 Å². The number of carbonyl (C=O) groups is 1. The number of carbonyl (C=O) groups excluding carboxylic acids is 1. The molecule has 2 nitrogen and oxygen atoms in total. The SMILES string of the molecule is [CH2]C(=O)OCC1c2ccccc2-c2ccccc21. The number of benzene rings is 2. The van der Waals surface area contributed by atoms with Crippen LogP contribution in [0.2, 0.25) is 0 Å². The molecule has 2 aromatic carbocycles. The lowest BCUT2D eigenvalue weighted by Gasteiger charge is -2.12. The minimum absolute atomic E-state index is 0.128. The Bertz CT molecular complexity index is 556. The average molecular weight is 237 g/mol. The van der Waals surface area contributed by atoms with Crippen LogP contribution in [0.25, 0.3) is 11.1 Å². The fourth-order valence-corrected chi connectivity index (χ4v) is 2.62. The predicted octanol–water partition coefficient (Wildman–Crippen LogP) is 3.18. The number of ether oxygens (including phenoxy) is 1. The Morgan fingerprint density at radius 1 is 1.00 bits per heavy atom. The van der Waals surface area contributed by atoms with Crippen LogP contribution in [0.5, 0.6) is 0 Å². The maximum absolute atomic E-state index is 10.9. The molecule has 0 fully saturated rings. The van der Waals surface area contributed by atoms with Gasteiger partial charge in [0.05, 0.1) is 6.92 Å². The summed E-state index contributed by atoms with van der Waals surface area (Å²) in [6.45, 7) is 3.61. The van der Waals surface area contributed by atoms with Crippen molar-refractivity contribution in [3.63, 3.8) is 0 Å². The summed E-state index contributed by atoms with van der Waals surface area (Å²) in [4.78, 5) is 10.9. The molecule has 1 radical (unpaired) electrons. The summed E-state index contributed by atoms with van der Waals surface area (Å²) in [5, 5.41) is 0. The van der Waals surface area contributed by atoms with Crippen molar-refractivity contribution in [1.82, 2.24) is 0 Å². The van der Waals surface area contributed by atoms with E-state index in [2.05, 4.69) is 31.2 Å². The first-order valence-corrected chi connectivity index (χ1v) is 5.94. The van der Waals surface area contributed by atoms with Crippen molar-refractivity contribution in [1.29, 1.82) is 0 Å². The molecular formula is C16H13O2. The number of rotatable bonds is 2. The molecule has 0 aliphatic heterocycles. The zero-order chi connectivity index (χ0) is 12.5. The number of hydrogen-bond donors (Lipinski definition) is 0. The average Bonchev–Trinajstić information content (AvgIpc) is 2.71. The van der Waals surface area contributed by atoms with Gasteiger partial charge in [-0.1, -0.05) is 48.5 Å².